The van der Waals surface area contributed by atoms with Gasteiger partial charge in [-0.15, -0.1) is 0 Å². The number of ether oxygens (including phenoxy) is 2. The monoisotopic (exact) mass is 317 g/mol. The van der Waals surface area contributed by atoms with Gasteiger partial charge in [0.05, 0.1) is 17.2 Å². The van der Waals surface area contributed by atoms with Crippen molar-refractivity contribution in [3.05, 3.63) is 22.2 Å². The molecule has 9 heteroatoms. The molecule has 1 N–H and O–H groups in total. The van der Waals surface area contributed by atoms with Crippen LogP contribution in [0, 0.1) is 0 Å². The van der Waals surface area contributed by atoms with Gasteiger partial charge in [0.1, 0.15) is 0 Å². The number of carbonyl (C=O) groups is 1. The van der Waals surface area contributed by atoms with Gasteiger partial charge in [-0.2, -0.15) is 13.2 Å². The summed E-state index contributed by atoms with van der Waals surface area (Å²) in [6, 6.07) is 2.38. The number of halogens is 5. The molecule has 1 aromatic carbocycles. The van der Waals surface area contributed by atoms with Crippen molar-refractivity contribution < 1.29 is 27.4 Å². The predicted octanol–water partition coefficient (Wildman–Crippen LogP) is 4.11. The fourth-order valence-corrected chi connectivity index (χ4v) is 1.69. The second-order valence-corrected chi connectivity index (χ2v) is 4.10. The Morgan fingerprint density at radius 2 is 1.84 bits per heavy atom. The first kappa shape index (κ1) is 15.7. The van der Waals surface area contributed by atoms with Crippen molar-refractivity contribution in [1.29, 1.82) is 0 Å². The lowest BCUT2D eigenvalue weighted by Crippen LogP contribution is -2.19. The van der Waals surface area contributed by atoms with E-state index in [1.807, 2.05) is 0 Å². The van der Waals surface area contributed by atoms with E-state index in [0.29, 0.717) is 0 Å². The van der Waals surface area contributed by atoms with Gasteiger partial charge >= 0.3 is 12.3 Å². The quantitative estimate of drug-likeness (QED) is 0.912. The van der Waals surface area contributed by atoms with E-state index < -0.39 is 18.9 Å². The van der Waals surface area contributed by atoms with Gasteiger partial charge in [0.25, 0.3) is 0 Å². The van der Waals surface area contributed by atoms with Crippen LogP contribution in [0.25, 0.3) is 0 Å². The SMILES string of the molecule is COC(=O)Nc1cc(Cl)c(OCC(F)(F)F)c(Cl)c1. The van der Waals surface area contributed by atoms with E-state index >= 15 is 0 Å². The lowest BCUT2D eigenvalue weighted by molar-refractivity contribution is -0.153. The van der Waals surface area contributed by atoms with Crippen molar-refractivity contribution in [2.45, 2.75) is 6.18 Å². The van der Waals surface area contributed by atoms with Crippen LogP contribution in [0.4, 0.5) is 23.7 Å². The largest absolute Gasteiger partial charge is 0.481 e. The number of carbonyl (C=O) groups excluding carboxylic acids is 1. The zero-order valence-corrected chi connectivity index (χ0v) is 11.0. The molecule has 0 saturated heterocycles. The van der Waals surface area contributed by atoms with Crippen molar-refractivity contribution >= 4 is 35.0 Å². The van der Waals surface area contributed by atoms with Crippen LogP contribution in [-0.4, -0.2) is 26.0 Å². The van der Waals surface area contributed by atoms with Crippen molar-refractivity contribution in [3.8, 4) is 5.75 Å². The molecule has 106 valence electrons. The van der Waals surface area contributed by atoms with E-state index in [1.54, 1.807) is 0 Å². The molecule has 19 heavy (non-hydrogen) atoms. The van der Waals surface area contributed by atoms with Crippen LogP contribution in [-0.2, 0) is 4.74 Å². The summed E-state index contributed by atoms with van der Waals surface area (Å²) >= 11 is 11.4. The van der Waals surface area contributed by atoms with Gasteiger partial charge in [0.2, 0.25) is 0 Å². The molecule has 0 aliphatic heterocycles. The molecule has 1 amide bonds. The van der Waals surface area contributed by atoms with Crippen molar-refractivity contribution in [2.24, 2.45) is 0 Å². The highest BCUT2D eigenvalue weighted by atomic mass is 35.5. The smallest absolute Gasteiger partial charge is 0.422 e. The Bertz CT molecular complexity index is 457. The predicted molar refractivity (Wildman–Crippen MR) is 64.0 cm³/mol. The maximum atomic E-state index is 12.0. The van der Waals surface area contributed by atoms with Crippen LogP contribution < -0.4 is 10.1 Å². The van der Waals surface area contributed by atoms with Gasteiger partial charge in [0.15, 0.2) is 12.4 Å². The minimum atomic E-state index is -4.50. The van der Waals surface area contributed by atoms with Crippen molar-refractivity contribution in [1.82, 2.24) is 0 Å². The molecule has 1 rings (SSSR count). The number of hydrogen-bond acceptors (Lipinski definition) is 3. The molecule has 0 aliphatic carbocycles. The lowest BCUT2D eigenvalue weighted by Gasteiger charge is -2.13. The average molecular weight is 318 g/mol. The number of rotatable bonds is 3. The van der Waals surface area contributed by atoms with Gasteiger partial charge in [-0.25, -0.2) is 4.79 Å². The fraction of sp³-hybridized carbons (Fsp3) is 0.300. The van der Waals surface area contributed by atoms with E-state index in [9.17, 15) is 18.0 Å². The Hall–Kier alpha value is -1.34. The molecule has 1 aromatic rings. The third-order valence-electron chi connectivity index (χ3n) is 1.81. The number of methoxy groups -OCH3 is 1. The minimum absolute atomic E-state index is 0.164. The van der Waals surface area contributed by atoms with Crippen LogP contribution in [0.15, 0.2) is 12.1 Å². The molecule has 0 bridgehead atoms. The topological polar surface area (TPSA) is 47.6 Å². The van der Waals surface area contributed by atoms with Crippen molar-refractivity contribution in [3.63, 3.8) is 0 Å². The Morgan fingerprint density at radius 1 is 1.32 bits per heavy atom. The molecular weight excluding hydrogens is 310 g/mol. The van der Waals surface area contributed by atoms with E-state index in [-0.39, 0.29) is 21.5 Å². The summed E-state index contributed by atoms with van der Waals surface area (Å²) in [5, 5.41) is 1.94. The number of anilines is 1. The zero-order valence-electron chi connectivity index (χ0n) is 9.48. The highest BCUT2D eigenvalue weighted by Crippen LogP contribution is 2.36. The number of nitrogens with one attached hydrogen (secondary N) is 1. The minimum Gasteiger partial charge on any atom is -0.481 e. The summed E-state index contributed by atoms with van der Waals surface area (Å²) in [5.41, 5.74) is 0.168. The van der Waals surface area contributed by atoms with Gasteiger partial charge in [-0.3, -0.25) is 5.32 Å². The maximum Gasteiger partial charge on any atom is 0.422 e. The molecule has 0 saturated carbocycles. The molecule has 0 aromatic heterocycles. The van der Waals surface area contributed by atoms with Gasteiger partial charge in [0, 0.05) is 5.69 Å². The van der Waals surface area contributed by atoms with Crippen molar-refractivity contribution in [2.75, 3.05) is 19.0 Å². The highest BCUT2D eigenvalue weighted by molar-refractivity contribution is 6.37. The van der Waals surface area contributed by atoms with E-state index in [2.05, 4.69) is 14.8 Å². The highest BCUT2D eigenvalue weighted by Gasteiger charge is 2.29. The molecule has 0 unspecified atom stereocenters. The first-order chi connectivity index (χ1) is 8.73. The second kappa shape index (κ2) is 6.21. The summed E-state index contributed by atoms with van der Waals surface area (Å²) in [4.78, 5) is 10.9. The third-order valence-corrected chi connectivity index (χ3v) is 2.37. The molecule has 0 aliphatic rings. The third kappa shape index (κ3) is 5.04. The summed E-state index contributed by atoms with van der Waals surface area (Å²) < 4.78 is 44.9. The average Bonchev–Trinajstić information content (AvgIpc) is 2.26. The number of benzene rings is 1. The zero-order chi connectivity index (χ0) is 14.6. The first-order valence-corrected chi connectivity index (χ1v) is 5.52. The lowest BCUT2D eigenvalue weighted by atomic mass is 10.3. The van der Waals surface area contributed by atoms with Crippen LogP contribution in [0.2, 0.25) is 10.0 Å². The fourth-order valence-electron chi connectivity index (χ4n) is 1.09. The first-order valence-electron chi connectivity index (χ1n) is 4.76. The molecule has 0 fully saturated rings. The molecular formula is C10H8Cl2F3NO3. The van der Waals surface area contributed by atoms with E-state index in [0.717, 1.165) is 7.11 Å². The van der Waals surface area contributed by atoms with Crippen LogP contribution in [0.1, 0.15) is 0 Å². The van der Waals surface area contributed by atoms with E-state index in [4.69, 9.17) is 23.2 Å². The van der Waals surface area contributed by atoms with Crippen LogP contribution in [0.5, 0.6) is 5.75 Å². The molecule has 4 nitrogen and oxygen atoms in total. The summed E-state index contributed by atoms with van der Waals surface area (Å²) in [6.07, 6.45) is -5.27. The van der Waals surface area contributed by atoms with Gasteiger partial charge in [-0.05, 0) is 12.1 Å². The Kier molecular flexibility index (Phi) is 5.13. The second-order valence-electron chi connectivity index (χ2n) is 3.29. The summed E-state index contributed by atoms with van der Waals surface area (Å²) in [7, 11) is 1.15. The molecule has 0 heterocycles. The van der Waals surface area contributed by atoms with Crippen LogP contribution >= 0.6 is 23.2 Å². The molecule has 0 spiro atoms. The normalized spacial score (nSPS) is 11.1. The van der Waals surface area contributed by atoms with E-state index in [1.165, 1.54) is 12.1 Å². The summed E-state index contributed by atoms with van der Waals surface area (Å²) in [5.74, 6) is -0.309. The van der Waals surface area contributed by atoms with Gasteiger partial charge < -0.3 is 9.47 Å². The van der Waals surface area contributed by atoms with Gasteiger partial charge in [-0.1, -0.05) is 23.2 Å². The Balaban J connectivity index is 2.88. The Morgan fingerprint density at radius 3 is 2.26 bits per heavy atom. The standard InChI is InChI=1S/C10H8Cl2F3NO3/c1-18-9(17)16-5-2-6(11)8(7(12)3-5)19-4-10(13,14)15/h2-3H,4H2,1H3,(H,16,17). The number of amides is 1. The Labute approximate surface area is 116 Å². The maximum absolute atomic E-state index is 12.0. The number of hydrogen-bond donors (Lipinski definition) is 1. The summed E-state index contributed by atoms with van der Waals surface area (Å²) in [6.45, 7) is -1.52. The molecule has 0 atom stereocenters. The molecule has 0 radical (unpaired) electrons. The van der Waals surface area contributed by atoms with Crippen LogP contribution in [0.3, 0.4) is 0 Å². The number of alkyl halides is 3.